The van der Waals surface area contributed by atoms with Crippen LogP contribution in [0.25, 0.3) is 0 Å². The molecule has 0 unspecified atom stereocenters. The maximum absolute atomic E-state index is 13.0. The van der Waals surface area contributed by atoms with Gasteiger partial charge in [0.25, 0.3) is 0 Å². The lowest BCUT2D eigenvalue weighted by atomic mass is 9.88. The van der Waals surface area contributed by atoms with Gasteiger partial charge in [0.1, 0.15) is 5.92 Å². The number of nitrogens with zero attached hydrogens (tertiary/aromatic N) is 1. The minimum absolute atomic E-state index is 0.172. The molecule has 1 aliphatic rings. The summed E-state index contributed by atoms with van der Waals surface area (Å²) in [5.74, 6) is -4.52. The Bertz CT molecular complexity index is 782. The second-order valence-electron chi connectivity index (χ2n) is 5.28. The monoisotopic (exact) mass is 339 g/mol. The van der Waals surface area contributed by atoms with Gasteiger partial charge >= 0.3 is 6.18 Å². The predicted molar refractivity (Wildman–Crippen MR) is 79.3 cm³/mol. The van der Waals surface area contributed by atoms with E-state index in [1.54, 1.807) is 48.1 Å². The molecule has 0 saturated heterocycles. The van der Waals surface area contributed by atoms with Crippen molar-refractivity contribution in [2.24, 2.45) is 13.0 Å². The zero-order chi connectivity index (χ0) is 16.8. The molecule has 0 bridgehead atoms. The lowest BCUT2D eigenvalue weighted by molar-refractivity contribution is -0.174. The Morgan fingerprint density at radius 3 is 2.48 bits per heavy atom. The molecule has 7 heteroatoms. The van der Waals surface area contributed by atoms with E-state index >= 15 is 0 Å². The molecule has 0 fully saturated rings. The molecule has 1 aliphatic heterocycles. The fraction of sp³-hybridized carbons (Fsp3) is 0.250. The number of ketones is 2. The first kappa shape index (κ1) is 15.9. The van der Waals surface area contributed by atoms with Crippen LogP contribution in [0.4, 0.5) is 13.2 Å². The van der Waals surface area contributed by atoms with Crippen LogP contribution in [-0.4, -0.2) is 22.3 Å². The van der Waals surface area contributed by atoms with Crippen LogP contribution in [0.3, 0.4) is 0 Å². The first-order valence-corrected chi connectivity index (χ1v) is 7.71. The molecular weight excluding hydrogens is 327 g/mol. The fourth-order valence-corrected chi connectivity index (χ4v) is 4.19. The fourth-order valence-electron chi connectivity index (χ4n) is 2.72. The number of carbonyl (C=O) groups excluding carboxylic acids is 2. The average Bonchev–Trinajstić information content (AvgIpc) is 2.91. The molecule has 1 aromatic heterocycles. The molecule has 0 N–H and O–H groups in total. The molecule has 0 aliphatic carbocycles. The Balaban J connectivity index is 2.14. The normalized spacial score (nSPS) is 21.1. The van der Waals surface area contributed by atoms with Crippen LogP contribution in [0, 0.1) is 5.92 Å². The van der Waals surface area contributed by atoms with Gasteiger partial charge in [-0.15, -0.1) is 11.8 Å². The maximum Gasteiger partial charge on any atom is 0.450 e. The molecule has 2 heterocycles. The predicted octanol–water partition coefficient (Wildman–Crippen LogP) is 3.80. The van der Waals surface area contributed by atoms with Crippen LogP contribution in [-0.2, 0) is 11.8 Å². The molecule has 0 spiro atoms. The van der Waals surface area contributed by atoms with E-state index in [9.17, 15) is 22.8 Å². The van der Waals surface area contributed by atoms with E-state index in [1.165, 1.54) is 6.07 Å². The Labute approximate surface area is 134 Å². The molecule has 23 heavy (non-hydrogen) atoms. The minimum atomic E-state index is -5.05. The molecule has 1 aromatic carbocycles. The van der Waals surface area contributed by atoms with Crippen molar-refractivity contribution in [3.05, 3.63) is 53.9 Å². The van der Waals surface area contributed by atoms with Crippen molar-refractivity contribution in [2.45, 2.75) is 16.3 Å². The zero-order valence-electron chi connectivity index (χ0n) is 12.0. The number of hydrogen-bond donors (Lipinski definition) is 0. The first-order chi connectivity index (χ1) is 10.8. The largest absolute Gasteiger partial charge is 0.450 e. The number of alkyl halides is 3. The quantitative estimate of drug-likeness (QED) is 0.781. The summed E-state index contributed by atoms with van der Waals surface area (Å²) in [6.45, 7) is 0. The topological polar surface area (TPSA) is 39.1 Å². The number of Topliss-reactive ketones (excluding diaryl/α,β-unsaturated/α-hetero) is 2. The zero-order valence-corrected chi connectivity index (χ0v) is 12.8. The van der Waals surface area contributed by atoms with Crippen molar-refractivity contribution in [3.63, 3.8) is 0 Å². The van der Waals surface area contributed by atoms with Gasteiger partial charge in [-0.2, -0.15) is 13.2 Å². The van der Waals surface area contributed by atoms with E-state index in [0.717, 1.165) is 11.8 Å². The standard InChI is InChI=1S/C16H12F3NO2S/c1-20-8-4-6-10(20)14-12(15(22)16(17,18)19)13(21)9-5-2-3-7-11(9)23-14/h2-8,12,14H,1H3/t12-,14+/m0/s1. The molecule has 2 atom stereocenters. The van der Waals surface area contributed by atoms with Crippen molar-refractivity contribution < 1.29 is 22.8 Å². The molecule has 120 valence electrons. The summed E-state index contributed by atoms with van der Waals surface area (Å²) in [5.41, 5.74) is 0.686. The summed E-state index contributed by atoms with van der Waals surface area (Å²) in [6, 6.07) is 9.75. The van der Waals surface area contributed by atoms with Crippen LogP contribution in [0.1, 0.15) is 21.3 Å². The molecule has 0 radical (unpaired) electrons. The van der Waals surface area contributed by atoms with Crippen molar-refractivity contribution in [1.82, 2.24) is 4.57 Å². The molecule has 3 rings (SSSR count). The number of carbonyl (C=O) groups is 2. The van der Waals surface area contributed by atoms with Crippen molar-refractivity contribution in [3.8, 4) is 0 Å². The smallest absolute Gasteiger partial charge is 0.353 e. The SMILES string of the molecule is Cn1cccc1[C@H]1Sc2ccccc2C(=O)[C@@H]1C(=O)C(F)(F)F. The highest BCUT2D eigenvalue weighted by molar-refractivity contribution is 7.99. The summed E-state index contributed by atoms with van der Waals surface area (Å²) in [7, 11) is 1.68. The lowest BCUT2D eigenvalue weighted by Gasteiger charge is -2.31. The van der Waals surface area contributed by atoms with E-state index in [-0.39, 0.29) is 5.56 Å². The van der Waals surface area contributed by atoms with E-state index in [1.807, 2.05) is 0 Å². The molecular formula is C16H12F3NO2S. The minimum Gasteiger partial charge on any atom is -0.353 e. The number of fused-ring (bicyclic) bond motifs is 1. The van der Waals surface area contributed by atoms with Gasteiger partial charge < -0.3 is 4.57 Å². The van der Waals surface area contributed by atoms with E-state index in [2.05, 4.69) is 0 Å². The number of rotatable bonds is 2. The van der Waals surface area contributed by atoms with Gasteiger partial charge in [-0.1, -0.05) is 18.2 Å². The van der Waals surface area contributed by atoms with E-state index in [4.69, 9.17) is 0 Å². The molecule has 3 nitrogen and oxygen atoms in total. The molecule has 2 aromatic rings. The highest BCUT2D eigenvalue weighted by atomic mass is 32.2. The van der Waals surface area contributed by atoms with Crippen LogP contribution in [0.15, 0.2) is 47.5 Å². The van der Waals surface area contributed by atoms with Crippen LogP contribution >= 0.6 is 11.8 Å². The van der Waals surface area contributed by atoms with Crippen LogP contribution in [0.5, 0.6) is 0 Å². The second kappa shape index (κ2) is 5.56. The molecule has 0 saturated carbocycles. The van der Waals surface area contributed by atoms with Gasteiger partial charge in [-0.25, -0.2) is 0 Å². The number of benzene rings is 1. The number of aromatic nitrogens is 1. The van der Waals surface area contributed by atoms with Gasteiger partial charge in [0.2, 0.25) is 5.78 Å². The lowest BCUT2D eigenvalue weighted by Crippen LogP contribution is -2.40. The first-order valence-electron chi connectivity index (χ1n) is 6.83. The van der Waals surface area contributed by atoms with Gasteiger partial charge in [0, 0.05) is 29.4 Å². The third kappa shape index (κ3) is 2.69. The van der Waals surface area contributed by atoms with Crippen molar-refractivity contribution in [1.29, 1.82) is 0 Å². The highest BCUT2D eigenvalue weighted by Crippen LogP contribution is 2.49. The van der Waals surface area contributed by atoms with Crippen LogP contribution in [0.2, 0.25) is 0 Å². The Morgan fingerprint density at radius 2 is 1.87 bits per heavy atom. The second-order valence-corrected chi connectivity index (χ2v) is 6.47. The summed E-state index contributed by atoms with van der Waals surface area (Å²) < 4.78 is 40.6. The number of aryl methyl sites for hydroxylation is 1. The number of thioether (sulfide) groups is 1. The average molecular weight is 339 g/mol. The van der Waals surface area contributed by atoms with Gasteiger partial charge in [0.05, 0.1) is 5.25 Å². The van der Waals surface area contributed by atoms with Gasteiger partial charge in [0.15, 0.2) is 5.78 Å². The summed E-state index contributed by atoms with van der Waals surface area (Å²) in [6.07, 6.45) is -3.37. The Kier molecular flexibility index (Phi) is 3.83. The van der Waals surface area contributed by atoms with Crippen LogP contribution < -0.4 is 0 Å². The van der Waals surface area contributed by atoms with E-state index < -0.39 is 28.9 Å². The number of hydrogen-bond acceptors (Lipinski definition) is 3. The highest BCUT2D eigenvalue weighted by Gasteiger charge is 2.52. The summed E-state index contributed by atoms with van der Waals surface area (Å²) >= 11 is 1.12. The van der Waals surface area contributed by atoms with Crippen molar-refractivity contribution in [2.75, 3.05) is 0 Å². The Morgan fingerprint density at radius 1 is 1.17 bits per heavy atom. The van der Waals surface area contributed by atoms with Gasteiger partial charge in [-0.3, -0.25) is 9.59 Å². The summed E-state index contributed by atoms with van der Waals surface area (Å²) in [4.78, 5) is 25.1. The molecule has 0 amide bonds. The van der Waals surface area contributed by atoms with Gasteiger partial charge in [-0.05, 0) is 18.2 Å². The van der Waals surface area contributed by atoms with E-state index in [0.29, 0.717) is 10.6 Å². The maximum atomic E-state index is 13.0. The summed E-state index contributed by atoms with van der Waals surface area (Å²) in [5, 5.41) is -0.897. The third-order valence-corrected chi connectivity index (χ3v) is 5.21. The Hall–Kier alpha value is -2.02. The number of halogens is 3. The van der Waals surface area contributed by atoms with Crippen molar-refractivity contribution >= 4 is 23.3 Å². The third-order valence-electron chi connectivity index (χ3n) is 3.83.